The molecule has 20 heavy (non-hydrogen) atoms. The van der Waals surface area contributed by atoms with E-state index in [-0.39, 0.29) is 21.9 Å². The number of aliphatic carboxylic acids is 1. The number of rotatable bonds is 3. The predicted octanol–water partition coefficient (Wildman–Crippen LogP) is 2.47. The Balaban J connectivity index is 2.18. The van der Waals surface area contributed by atoms with Crippen molar-refractivity contribution in [3.05, 3.63) is 16.6 Å². The van der Waals surface area contributed by atoms with Crippen molar-refractivity contribution in [2.45, 2.75) is 19.8 Å². The molecule has 0 saturated heterocycles. The first-order chi connectivity index (χ1) is 9.40. The molecule has 1 amide bonds. The van der Waals surface area contributed by atoms with Crippen LogP contribution in [0.15, 0.2) is 6.33 Å². The number of amides is 1. The summed E-state index contributed by atoms with van der Waals surface area (Å²) in [5, 5.41) is 11.8. The molecule has 1 fully saturated rings. The first kappa shape index (κ1) is 15.0. The summed E-state index contributed by atoms with van der Waals surface area (Å²) in [5.41, 5.74) is 0.115. The maximum atomic E-state index is 12.2. The average Bonchev–Trinajstić information content (AvgIpc) is 2.76. The van der Waals surface area contributed by atoms with Gasteiger partial charge in [-0.2, -0.15) is 0 Å². The van der Waals surface area contributed by atoms with Gasteiger partial charge in [0.05, 0.1) is 11.8 Å². The standard InChI is InChI=1S/C12H13Cl2N3O3/c1-5-2-6(7(3-5)12(19)20)11(18)17-8-9(13)15-4-16-10(8)14/h4-7H,2-3H2,1H3,(H,17,18)(H,19,20). The average molecular weight is 318 g/mol. The van der Waals surface area contributed by atoms with Gasteiger partial charge in [0.15, 0.2) is 10.3 Å². The second-order valence-corrected chi connectivity index (χ2v) is 5.66. The molecule has 0 radical (unpaired) electrons. The minimum absolute atomic E-state index is 0.0243. The highest BCUT2D eigenvalue weighted by Gasteiger charge is 2.41. The van der Waals surface area contributed by atoms with Gasteiger partial charge in [0.2, 0.25) is 5.91 Å². The Labute approximate surface area is 125 Å². The normalized spacial score (nSPS) is 25.4. The van der Waals surface area contributed by atoms with Crippen molar-refractivity contribution in [1.29, 1.82) is 0 Å². The summed E-state index contributed by atoms with van der Waals surface area (Å²) in [6.45, 7) is 1.93. The monoisotopic (exact) mass is 317 g/mol. The van der Waals surface area contributed by atoms with E-state index in [0.717, 1.165) is 0 Å². The van der Waals surface area contributed by atoms with Crippen LogP contribution < -0.4 is 5.32 Å². The zero-order valence-electron chi connectivity index (χ0n) is 10.6. The molecule has 1 aromatic heterocycles. The summed E-state index contributed by atoms with van der Waals surface area (Å²) in [5.74, 6) is -2.48. The zero-order valence-corrected chi connectivity index (χ0v) is 12.1. The van der Waals surface area contributed by atoms with Crippen molar-refractivity contribution in [3.8, 4) is 0 Å². The van der Waals surface area contributed by atoms with E-state index >= 15 is 0 Å². The molecule has 1 saturated carbocycles. The Morgan fingerprint density at radius 3 is 2.35 bits per heavy atom. The smallest absolute Gasteiger partial charge is 0.307 e. The third kappa shape index (κ3) is 3.02. The number of carbonyl (C=O) groups excluding carboxylic acids is 1. The van der Waals surface area contributed by atoms with Crippen molar-refractivity contribution in [2.75, 3.05) is 5.32 Å². The van der Waals surface area contributed by atoms with Crippen LogP contribution in [0.4, 0.5) is 5.69 Å². The van der Waals surface area contributed by atoms with Crippen LogP contribution in [0, 0.1) is 17.8 Å². The van der Waals surface area contributed by atoms with Gasteiger partial charge in [0.25, 0.3) is 0 Å². The highest BCUT2D eigenvalue weighted by molar-refractivity contribution is 6.38. The fourth-order valence-electron chi connectivity index (χ4n) is 2.52. The summed E-state index contributed by atoms with van der Waals surface area (Å²) in [4.78, 5) is 30.9. The Morgan fingerprint density at radius 1 is 1.25 bits per heavy atom. The number of carbonyl (C=O) groups is 2. The van der Waals surface area contributed by atoms with Gasteiger partial charge in [0, 0.05) is 0 Å². The molecule has 0 spiro atoms. The van der Waals surface area contributed by atoms with Crippen LogP contribution >= 0.6 is 23.2 Å². The third-order valence-electron chi connectivity index (χ3n) is 3.46. The molecule has 2 N–H and O–H groups in total. The summed E-state index contributed by atoms with van der Waals surface area (Å²) in [6, 6.07) is 0. The number of halogens is 2. The molecule has 0 bridgehead atoms. The molecule has 2 rings (SSSR count). The van der Waals surface area contributed by atoms with Crippen molar-refractivity contribution in [3.63, 3.8) is 0 Å². The van der Waals surface area contributed by atoms with E-state index in [0.29, 0.717) is 12.8 Å². The third-order valence-corrected chi connectivity index (χ3v) is 4.03. The molecule has 1 aromatic rings. The van der Waals surface area contributed by atoms with Crippen molar-refractivity contribution in [1.82, 2.24) is 9.97 Å². The van der Waals surface area contributed by atoms with Crippen molar-refractivity contribution >= 4 is 40.8 Å². The lowest BCUT2D eigenvalue weighted by molar-refractivity contribution is -0.145. The first-order valence-electron chi connectivity index (χ1n) is 6.09. The Hall–Kier alpha value is -1.40. The molecule has 0 aliphatic heterocycles. The zero-order chi connectivity index (χ0) is 14.9. The van der Waals surface area contributed by atoms with Gasteiger partial charge in [-0.25, -0.2) is 9.97 Å². The van der Waals surface area contributed by atoms with Crippen LogP contribution in [0.3, 0.4) is 0 Å². The number of anilines is 1. The molecular formula is C12H13Cl2N3O3. The number of nitrogens with zero attached hydrogens (tertiary/aromatic N) is 2. The molecular weight excluding hydrogens is 305 g/mol. The Morgan fingerprint density at radius 2 is 1.80 bits per heavy atom. The largest absolute Gasteiger partial charge is 0.481 e. The van der Waals surface area contributed by atoms with Gasteiger partial charge in [-0.3, -0.25) is 9.59 Å². The Kier molecular flexibility index (Phi) is 4.45. The molecule has 6 nitrogen and oxygen atoms in total. The highest BCUT2D eigenvalue weighted by Crippen LogP contribution is 2.38. The molecule has 108 valence electrons. The van der Waals surface area contributed by atoms with Gasteiger partial charge < -0.3 is 10.4 Å². The number of nitrogens with one attached hydrogen (secondary N) is 1. The second kappa shape index (κ2) is 5.93. The molecule has 1 aliphatic carbocycles. The van der Waals surface area contributed by atoms with Gasteiger partial charge in [0.1, 0.15) is 12.0 Å². The van der Waals surface area contributed by atoms with Gasteiger partial charge in [-0.05, 0) is 18.8 Å². The van der Waals surface area contributed by atoms with E-state index < -0.39 is 23.7 Å². The Bertz CT molecular complexity index is 532. The quantitative estimate of drug-likeness (QED) is 0.835. The summed E-state index contributed by atoms with van der Waals surface area (Å²) in [7, 11) is 0. The molecule has 1 aliphatic rings. The lowest BCUT2D eigenvalue weighted by Crippen LogP contribution is -2.30. The highest BCUT2D eigenvalue weighted by atomic mass is 35.5. The fourth-order valence-corrected chi connectivity index (χ4v) is 2.93. The van der Waals surface area contributed by atoms with Crippen LogP contribution in [0.5, 0.6) is 0 Å². The van der Waals surface area contributed by atoms with E-state index in [4.69, 9.17) is 28.3 Å². The van der Waals surface area contributed by atoms with Gasteiger partial charge in [-0.15, -0.1) is 0 Å². The van der Waals surface area contributed by atoms with Crippen molar-refractivity contribution in [2.24, 2.45) is 17.8 Å². The number of carboxylic acids is 1. The first-order valence-corrected chi connectivity index (χ1v) is 6.85. The summed E-state index contributed by atoms with van der Waals surface area (Å²) < 4.78 is 0. The van der Waals surface area contributed by atoms with Crippen LogP contribution in [0.2, 0.25) is 10.3 Å². The van der Waals surface area contributed by atoms with Gasteiger partial charge in [-0.1, -0.05) is 30.1 Å². The predicted molar refractivity (Wildman–Crippen MR) is 73.7 cm³/mol. The van der Waals surface area contributed by atoms with Crippen molar-refractivity contribution < 1.29 is 14.7 Å². The van der Waals surface area contributed by atoms with Gasteiger partial charge >= 0.3 is 5.97 Å². The lowest BCUT2D eigenvalue weighted by atomic mass is 9.95. The number of aromatic nitrogens is 2. The summed E-state index contributed by atoms with van der Waals surface area (Å²) in [6.07, 6.45) is 2.18. The number of hydrogen-bond donors (Lipinski definition) is 2. The van der Waals surface area contributed by atoms with E-state index in [1.807, 2.05) is 6.92 Å². The minimum atomic E-state index is -0.962. The molecule has 1 heterocycles. The maximum Gasteiger partial charge on any atom is 0.307 e. The molecule has 3 atom stereocenters. The fraction of sp³-hybridized carbons (Fsp3) is 0.500. The molecule has 0 aromatic carbocycles. The molecule has 3 unspecified atom stereocenters. The lowest BCUT2D eigenvalue weighted by Gasteiger charge is -2.16. The second-order valence-electron chi connectivity index (χ2n) is 4.95. The van der Waals surface area contributed by atoms with Crippen LogP contribution in [-0.2, 0) is 9.59 Å². The van der Waals surface area contributed by atoms with Crippen LogP contribution in [0.1, 0.15) is 19.8 Å². The number of hydrogen-bond acceptors (Lipinski definition) is 4. The van der Waals surface area contributed by atoms with Crippen LogP contribution in [-0.4, -0.2) is 27.0 Å². The molecule has 8 heteroatoms. The SMILES string of the molecule is CC1CC(C(=O)O)C(C(=O)Nc2c(Cl)ncnc2Cl)C1. The van der Waals surface area contributed by atoms with E-state index in [2.05, 4.69) is 15.3 Å². The number of carboxylic acid groups (broad SMARTS) is 1. The maximum absolute atomic E-state index is 12.2. The topological polar surface area (TPSA) is 92.2 Å². The van der Waals surface area contributed by atoms with E-state index in [1.165, 1.54) is 6.33 Å². The van der Waals surface area contributed by atoms with E-state index in [9.17, 15) is 9.59 Å². The summed E-state index contributed by atoms with van der Waals surface area (Å²) >= 11 is 11.7. The van der Waals surface area contributed by atoms with Crippen LogP contribution in [0.25, 0.3) is 0 Å². The minimum Gasteiger partial charge on any atom is -0.481 e. The van der Waals surface area contributed by atoms with E-state index in [1.54, 1.807) is 0 Å².